The highest BCUT2D eigenvalue weighted by molar-refractivity contribution is 5.88. The van der Waals surface area contributed by atoms with Crippen LogP contribution in [0.1, 0.15) is 64.5 Å². The highest BCUT2D eigenvalue weighted by atomic mass is 14.3. The van der Waals surface area contributed by atoms with Gasteiger partial charge in [0.2, 0.25) is 0 Å². The van der Waals surface area contributed by atoms with E-state index in [-0.39, 0.29) is 0 Å². The largest absolute Gasteiger partial charge is 0.0830 e. The normalized spacial score (nSPS) is 20.0. The molecule has 146 valence electrons. The van der Waals surface area contributed by atoms with Gasteiger partial charge in [-0.2, -0.15) is 0 Å². The maximum absolute atomic E-state index is 2.44. The van der Waals surface area contributed by atoms with Crippen molar-refractivity contribution >= 4 is 16.8 Å². The number of rotatable bonds is 2. The van der Waals surface area contributed by atoms with Crippen LogP contribution in [0.4, 0.5) is 0 Å². The maximum atomic E-state index is 2.44. The zero-order valence-corrected chi connectivity index (χ0v) is 17.2. The van der Waals surface area contributed by atoms with E-state index in [0.29, 0.717) is 11.8 Å². The van der Waals surface area contributed by atoms with E-state index in [0.717, 1.165) is 6.42 Å². The van der Waals surface area contributed by atoms with Crippen LogP contribution in [0.2, 0.25) is 0 Å². The zero-order valence-electron chi connectivity index (χ0n) is 17.2. The zero-order chi connectivity index (χ0) is 19.9. The summed E-state index contributed by atoms with van der Waals surface area (Å²) in [4.78, 5) is 0. The molecule has 0 saturated carbocycles. The molecule has 2 aliphatic carbocycles. The average molecular weight is 387 g/mol. The van der Waals surface area contributed by atoms with Gasteiger partial charge in [0.05, 0.1) is 0 Å². The van der Waals surface area contributed by atoms with Crippen molar-refractivity contribution in [1.29, 1.82) is 0 Å². The molecule has 2 unspecified atom stereocenters. The Kier molecular flexibility index (Phi) is 4.30. The number of fused-ring (bicyclic) bond motifs is 3. The van der Waals surface area contributed by atoms with Crippen molar-refractivity contribution in [1.82, 2.24) is 0 Å². The summed E-state index contributed by atoms with van der Waals surface area (Å²) >= 11 is 0. The fraction of sp³-hybridized carbons (Fsp3) is 0.200. The SMILES string of the molecule is C1=Cc2ccccc2C(c2c(C3CCCc4ccccc43)ccc3ccccc23)C1. The fourth-order valence-corrected chi connectivity index (χ4v) is 5.79. The molecule has 2 aliphatic rings. The molecule has 0 aromatic heterocycles. The van der Waals surface area contributed by atoms with Gasteiger partial charge in [-0.05, 0) is 69.8 Å². The lowest BCUT2D eigenvalue weighted by atomic mass is 9.72. The molecule has 0 N–H and O–H groups in total. The first kappa shape index (κ1) is 17.7. The third-order valence-electron chi connectivity index (χ3n) is 7.14. The van der Waals surface area contributed by atoms with E-state index in [1.807, 2.05) is 0 Å². The Morgan fingerprint density at radius 1 is 0.633 bits per heavy atom. The van der Waals surface area contributed by atoms with E-state index in [9.17, 15) is 0 Å². The van der Waals surface area contributed by atoms with E-state index in [1.165, 1.54) is 52.3 Å². The van der Waals surface area contributed by atoms with Crippen LogP contribution in [0.5, 0.6) is 0 Å². The lowest BCUT2D eigenvalue weighted by molar-refractivity contribution is 0.609. The van der Waals surface area contributed by atoms with Crippen LogP contribution in [0.15, 0.2) is 91.0 Å². The quantitative estimate of drug-likeness (QED) is 0.329. The Hall–Kier alpha value is -3.12. The number of hydrogen-bond acceptors (Lipinski definition) is 0. The number of allylic oxidation sites excluding steroid dienone is 1. The van der Waals surface area contributed by atoms with Crippen molar-refractivity contribution in [2.45, 2.75) is 37.5 Å². The summed E-state index contributed by atoms with van der Waals surface area (Å²) in [6.45, 7) is 0. The Morgan fingerprint density at radius 3 is 2.40 bits per heavy atom. The van der Waals surface area contributed by atoms with Crippen molar-refractivity contribution < 1.29 is 0 Å². The maximum Gasteiger partial charge on any atom is 0.0139 e. The number of hydrogen-bond donors (Lipinski definition) is 0. The first-order valence-corrected chi connectivity index (χ1v) is 11.2. The second kappa shape index (κ2) is 7.29. The molecule has 0 heterocycles. The van der Waals surface area contributed by atoms with Crippen LogP contribution in [0.3, 0.4) is 0 Å². The van der Waals surface area contributed by atoms with Gasteiger partial charge in [-0.3, -0.25) is 0 Å². The van der Waals surface area contributed by atoms with Gasteiger partial charge in [0.1, 0.15) is 0 Å². The van der Waals surface area contributed by atoms with Crippen molar-refractivity contribution in [3.05, 3.63) is 124 Å². The third-order valence-corrected chi connectivity index (χ3v) is 7.14. The second-order valence-corrected chi connectivity index (χ2v) is 8.75. The van der Waals surface area contributed by atoms with Crippen LogP contribution < -0.4 is 0 Å². The standard InChI is InChI=1S/C30H26/c1-4-14-24-21(9-1)12-7-17-27(24)29-20-19-23-11-3-6-16-26(23)30(29)28-18-8-13-22-10-2-5-15-25(22)28/h1-6,8-11,13-16,19-20,27-28H,7,12,17-18H2. The average Bonchev–Trinajstić information content (AvgIpc) is 2.83. The van der Waals surface area contributed by atoms with E-state index in [1.54, 1.807) is 11.1 Å². The van der Waals surface area contributed by atoms with E-state index < -0.39 is 0 Å². The minimum absolute atomic E-state index is 0.418. The summed E-state index contributed by atoms with van der Waals surface area (Å²) in [6, 6.07) is 31.8. The van der Waals surface area contributed by atoms with Crippen LogP contribution >= 0.6 is 0 Å². The van der Waals surface area contributed by atoms with Crippen molar-refractivity contribution in [2.24, 2.45) is 0 Å². The van der Waals surface area contributed by atoms with E-state index >= 15 is 0 Å². The molecule has 4 aromatic carbocycles. The molecule has 0 bridgehead atoms. The van der Waals surface area contributed by atoms with Crippen molar-refractivity contribution in [3.63, 3.8) is 0 Å². The molecule has 0 heteroatoms. The molecule has 6 rings (SSSR count). The van der Waals surface area contributed by atoms with Gasteiger partial charge in [0.15, 0.2) is 0 Å². The summed E-state index contributed by atoms with van der Waals surface area (Å²) in [5.41, 5.74) is 9.01. The predicted octanol–water partition coefficient (Wildman–Crippen LogP) is 7.86. The third kappa shape index (κ3) is 2.82. The molecule has 0 aliphatic heterocycles. The molecule has 0 saturated heterocycles. The number of benzene rings is 4. The summed E-state index contributed by atoms with van der Waals surface area (Å²) in [7, 11) is 0. The first-order chi connectivity index (χ1) is 14.9. The fourth-order valence-electron chi connectivity index (χ4n) is 5.79. The molecular weight excluding hydrogens is 360 g/mol. The minimum Gasteiger partial charge on any atom is -0.0830 e. The van der Waals surface area contributed by atoms with Gasteiger partial charge >= 0.3 is 0 Å². The second-order valence-electron chi connectivity index (χ2n) is 8.75. The summed E-state index contributed by atoms with van der Waals surface area (Å²) in [6.07, 6.45) is 9.47. The molecule has 4 aromatic rings. The molecule has 2 atom stereocenters. The van der Waals surface area contributed by atoms with Gasteiger partial charge < -0.3 is 0 Å². The predicted molar refractivity (Wildman–Crippen MR) is 127 cm³/mol. The lowest BCUT2D eigenvalue weighted by Gasteiger charge is -2.32. The van der Waals surface area contributed by atoms with Gasteiger partial charge in [-0.1, -0.05) is 97.1 Å². The number of aryl methyl sites for hydroxylation is 1. The summed E-state index contributed by atoms with van der Waals surface area (Å²) in [5.74, 6) is 0.911. The molecular formula is C30H26. The van der Waals surface area contributed by atoms with E-state index in [4.69, 9.17) is 0 Å². The van der Waals surface area contributed by atoms with Crippen molar-refractivity contribution in [2.75, 3.05) is 0 Å². The summed E-state index contributed by atoms with van der Waals surface area (Å²) < 4.78 is 0. The molecule has 0 fully saturated rings. The Labute approximate surface area is 178 Å². The van der Waals surface area contributed by atoms with Crippen LogP contribution in [-0.4, -0.2) is 0 Å². The topological polar surface area (TPSA) is 0 Å². The molecule has 30 heavy (non-hydrogen) atoms. The molecule has 0 nitrogen and oxygen atoms in total. The molecule has 0 spiro atoms. The Morgan fingerprint density at radius 2 is 1.43 bits per heavy atom. The highest BCUT2D eigenvalue weighted by Crippen LogP contribution is 2.46. The monoisotopic (exact) mass is 386 g/mol. The Balaban J connectivity index is 1.62. The van der Waals surface area contributed by atoms with E-state index in [2.05, 4.69) is 97.1 Å². The van der Waals surface area contributed by atoms with Crippen LogP contribution in [0.25, 0.3) is 16.8 Å². The van der Waals surface area contributed by atoms with Gasteiger partial charge in [0.25, 0.3) is 0 Å². The van der Waals surface area contributed by atoms with Crippen molar-refractivity contribution in [3.8, 4) is 0 Å². The lowest BCUT2D eigenvalue weighted by Crippen LogP contribution is -2.16. The minimum atomic E-state index is 0.418. The van der Waals surface area contributed by atoms with Gasteiger partial charge in [-0.25, -0.2) is 0 Å². The smallest absolute Gasteiger partial charge is 0.0139 e. The van der Waals surface area contributed by atoms with Crippen LogP contribution in [0, 0.1) is 0 Å². The molecule has 0 radical (unpaired) electrons. The Bertz CT molecular complexity index is 1260. The summed E-state index contributed by atoms with van der Waals surface area (Å²) in [5, 5.41) is 2.78. The first-order valence-electron chi connectivity index (χ1n) is 11.2. The van der Waals surface area contributed by atoms with Gasteiger partial charge in [-0.15, -0.1) is 0 Å². The molecule has 0 amide bonds. The highest BCUT2D eigenvalue weighted by Gasteiger charge is 2.29. The van der Waals surface area contributed by atoms with Gasteiger partial charge in [0, 0.05) is 11.8 Å². The van der Waals surface area contributed by atoms with Crippen LogP contribution in [-0.2, 0) is 6.42 Å².